The Kier molecular flexibility index (Phi) is 3.62. The van der Waals surface area contributed by atoms with Crippen LogP contribution < -0.4 is 10.3 Å². The summed E-state index contributed by atoms with van der Waals surface area (Å²) >= 11 is 3.33. The summed E-state index contributed by atoms with van der Waals surface area (Å²) in [6.45, 7) is 1.84. The summed E-state index contributed by atoms with van der Waals surface area (Å²) in [5.41, 5.74) is 0.723. The average Bonchev–Trinajstić information content (AvgIpc) is 2.32. The third-order valence-corrected chi connectivity index (χ3v) is 2.84. The number of benzene rings is 1. The Balaban J connectivity index is 2.24. The molecule has 92 valence electrons. The first-order valence-corrected chi connectivity index (χ1v) is 6.02. The zero-order chi connectivity index (χ0) is 13.1. The van der Waals surface area contributed by atoms with Gasteiger partial charge in [0.1, 0.15) is 5.75 Å². The van der Waals surface area contributed by atoms with Gasteiger partial charge >= 0.3 is 5.97 Å². The summed E-state index contributed by atoms with van der Waals surface area (Å²) in [6, 6.07) is 8.03. The van der Waals surface area contributed by atoms with Gasteiger partial charge in [0, 0.05) is 16.7 Å². The van der Waals surface area contributed by atoms with Gasteiger partial charge in [-0.1, -0.05) is 15.9 Å². The number of hydrogen-bond donors (Lipinski definition) is 1. The topological polar surface area (TPSA) is 59.2 Å². The molecule has 2 rings (SSSR count). The number of carbonyl (C=O) groups excluding carboxylic acids is 1. The number of nitrogens with one attached hydrogen (secondary N) is 1. The van der Waals surface area contributed by atoms with Crippen molar-refractivity contribution >= 4 is 21.9 Å². The molecule has 0 saturated heterocycles. The summed E-state index contributed by atoms with van der Waals surface area (Å²) in [5.74, 6) is -0.0741. The number of pyridine rings is 1. The molecule has 0 aliphatic carbocycles. The highest BCUT2D eigenvalue weighted by Gasteiger charge is 2.10. The van der Waals surface area contributed by atoms with E-state index in [0.717, 1.165) is 10.0 Å². The quantitative estimate of drug-likeness (QED) is 0.685. The normalized spacial score (nSPS) is 10.1. The third-order valence-electron chi connectivity index (χ3n) is 2.35. The van der Waals surface area contributed by atoms with Crippen molar-refractivity contribution in [3.63, 3.8) is 0 Å². The lowest BCUT2D eigenvalue weighted by atomic mass is 10.2. The molecule has 0 amide bonds. The van der Waals surface area contributed by atoms with Gasteiger partial charge in [-0.2, -0.15) is 0 Å². The van der Waals surface area contributed by atoms with Crippen molar-refractivity contribution < 1.29 is 9.53 Å². The number of aromatic amines is 1. The zero-order valence-electron chi connectivity index (χ0n) is 9.57. The molecule has 0 bridgehead atoms. The summed E-state index contributed by atoms with van der Waals surface area (Å²) in [4.78, 5) is 25.3. The predicted octanol–water partition coefficient (Wildman–Crippen LogP) is 2.67. The highest BCUT2D eigenvalue weighted by molar-refractivity contribution is 9.10. The Bertz CT molecular complexity index is 649. The van der Waals surface area contributed by atoms with Crippen LogP contribution in [0.15, 0.2) is 45.8 Å². The first-order valence-electron chi connectivity index (χ1n) is 5.23. The molecule has 18 heavy (non-hydrogen) atoms. The van der Waals surface area contributed by atoms with Crippen molar-refractivity contribution in [1.82, 2.24) is 4.98 Å². The van der Waals surface area contributed by atoms with Crippen LogP contribution in [0.3, 0.4) is 0 Å². The van der Waals surface area contributed by atoms with Crippen LogP contribution in [0.1, 0.15) is 15.9 Å². The van der Waals surface area contributed by atoms with Gasteiger partial charge < -0.3 is 9.72 Å². The minimum atomic E-state index is -0.550. The van der Waals surface area contributed by atoms with Crippen LogP contribution in [0.25, 0.3) is 0 Å². The smallest absolute Gasteiger partial charge is 0.343 e. The maximum atomic E-state index is 11.8. The Morgan fingerprint density at radius 3 is 2.72 bits per heavy atom. The standard InChI is InChI=1S/C13H10BrNO3/c1-8-6-10(14)2-3-11(8)18-13(17)9-4-5-15-12(16)7-9/h2-7H,1H3,(H,15,16). The van der Waals surface area contributed by atoms with Gasteiger partial charge in [0.25, 0.3) is 0 Å². The van der Waals surface area contributed by atoms with E-state index in [-0.39, 0.29) is 11.1 Å². The lowest BCUT2D eigenvalue weighted by Gasteiger charge is -2.07. The van der Waals surface area contributed by atoms with Crippen molar-refractivity contribution in [3.8, 4) is 5.75 Å². The molecule has 0 atom stereocenters. The van der Waals surface area contributed by atoms with Crippen molar-refractivity contribution in [2.24, 2.45) is 0 Å². The second kappa shape index (κ2) is 5.18. The van der Waals surface area contributed by atoms with Gasteiger partial charge in [-0.15, -0.1) is 0 Å². The lowest BCUT2D eigenvalue weighted by molar-refractivity contribution is 0.0733. The molecule has 4 nitrogen and oxygen atoms in total. The molecule has 5 heteroatoms. The number of aryl methyl sites for hydroxylation is 1. The van der Waals surface area contributed by atoms with Crippen LogP contribution >= 0.6 is 15.9 Å². The maximum Gasteiger partial charge on any atom is 0.343 e. The van der Waals surface area contributed by atoms with E-state index in [9.17, 15) is 9.59 Å². The predicted molar refractivity (Wildman–Crippen MR) is 70.9 cm³/mol. The van der Waals surface area contributed by atoms with Gasteiger partial charge in [-0.3, -0.25) is 4.79 Å². The van der Waals surface area contributed by atoms with E-state index in [0.29, 0.717) is 5.75 Å². The SMILES string of the molecule is Cc1cc(Br)ccc1OC(=O)c1cc[nH]c(=O)c1. The van der Waals surface area contributed by atoms with E-state index in [4.69, 9.17) is 4.74 Å². The highest BCUT2D eigenvalue weighted by atomic mass is 79.9. The van der Waals surface area contributed by atoms with Crippen molar-refractivity contribution in [3.05, 3.63) is 62.5 Å². The number of carbonyl (C=O) groups is 1. The van der Waals surface area contributed by atoms with Crippen LogP contribution in [-0.2, 0) is 0 Å². The summed E-state index contributed by atoms with van der Waals surface area (Å²) < 4.78 is 6.14. The highest BCUT2D eigenvalue weighted by Crippen LogP contribution is 2.22. The van der Waals surface area contributed by atoms with Gasteiger partial charge in [0.2, 0.25) is 5.56 Å². The molecular weight excluding hydrogens is 298 g/mol. The van der Waals surface area contributed by atoms with E-state index in [1.54, 1.807) is 12.1 Å². The molecule has 1 aromatic carbocycles. The van der Waals surface area contributed by atoms with E-state index in [1.165, 1.54) is 18.3 Å². The van der Waals surface area contributed by atoms with Crippen LogP contribution in [0.5, 0.6) is 5.75 Å². The van der Waals surface area contributed by atoms with E-state index in [1.807, 2.05) is 13.0 Å². The zero-order valence-corrected chi connectivity index (χ0v) is 11.2. The number of ether oxygens (including phenoxy) is 1. The third kappa shape index (κ3) is 2.87. The van der Waals surface area contributed by atoms with E-state index in [2.05, 4.69) is 20.9 Å². The molecule has 0 aliphatic heterocycles. The van der Waals surface area contributed by atoms with Crippen LogP contribution in [-0.4, -0.2) is 11.0 Å². The Morgan fingerprint density at radius 1 is 1.28 bits per heavy atom. The fourth-order valence-electron chi connectivity index (χ4n) is 1.46. The van der Waals surface area contributed by atoms with Gasteiger partial charge in [-0.05, 0) is 36.8 Å². The average molecular weight is 308 g/mol. The van der Waals surface area contributed by atoms with Crippen LogP contribution in [0.2, 0.25) is 0 Å². The van der Waals surface area contributed by atoms with Crippen molar-refractivity contribution in [1.29, 1.82) is 0 Å². The molecule has 0 saturated carbocycles. The summed E-state index contributed by atoms with van der Waals surface area (Å²) in [6.07, 6.45) is 1.41. The molecule has 1 N–H and O–H groups in total. The Hall–Kier alpha value is -1.88. The summed E-state index contributed by atoms with van der Waals surface area (Å²) in [7, 11) is 0. The summed E-state index contributed by atoms with van der Waals surface area (Å²) in [5, 5.41) is 0. The van der Waals surface area contributed by atoms with Gasteiger partial charge in [0.15, 0.2) is 0 Å². The van der Waals surface area contributed by atoms with Crippen LogP contribution in [0, 0.1) is 6.92 Å². The molecule has 0 radical (unpaired) electrons. The van der Waals surface area contributed by atoms with Gasteiger partial charge in [0.05, 0.1) is 5.56 Å². The number of rotatable bonds is 2. The van der Waals surface area contributed by atoms with E-state index >= 15 is 0 Å². The second-order valence-electron chi connectivity index (χ2n) is 3.74. The number of hydrogen-bond acceptors (Lipinski definition) is 3. The molecular formula is C13H10BrNO3. The van der Waals surface area contributed by atoms with Crippen molar-refractivity contribution in [2.45, 2.75) is 6.92 Å². The maximum absolute atomic E-state index is 11.8. The number of H-pyrrole nitrogens is 1. The Labute approximate surface area is 112 Å². The van der Waals surface area contributed by atoms with Gasteiger partial charge in [-0.25, -0.2) is 4.79 Å². The van der Waals surface area contributed by atoms with Crippen molar-refractivity contribution in [2.75, 3.05) is 0 Å². The largest absolute Gasteiger partial charge is 0.423 e. The number of esters is 1. The molecule has 0 spiro atoms. The molecule has 0 fully saturated rings. The number of aromatic nitrogens is 1. The molecule has 0 unspecified atom stereocenters. The minimum absolute atomic E-state index is 0.223. The molecule has 2 aromatic rings. The first kappa shape index (κ1) is 12.6. The molecule has 1 heterocycles. The van der Waals surface area contributed by atoms with E-state index < -0.39 is 5.97 Å². The monoisotopic (exact) mass is 307 g/mol. The first-order chi connectivity index (χ1) is 8.56. The number of halogens is 1. The molecule has 1 aromatic heterocycles. The molecule has 0 aliphatic rings. The fraction of sp³-hybridized carbons (Fsp3) is 0.0769. The minimum Gasteiger partial charge on any atom is -0.423 e. The van der Waals surface area contributed by atoms with Crippen LogP contribution in [0.4, 0.5) is 0 Å². The Morgan fingerprint density at radius 2 is 2.06 bits per heavy atom. The fourth-order valence-corrected chi connectivity index (χ4v) is 1.93. The lowest BCUT2D eigenvalue weighted by Crippen LogP contribution is -2.13. The second-order valence-corrected chi connectivity index (χ2v) is 4.66.